The number of halogens is 1. The monoisotopic (exact) mass is 649 g/mol. The number of Topliss-reactive ketones (excluding diaryl/α,β-unsaturated/α-hetero) is 2. The van der Waals surface area contributed by atoms with E-state index in [1.54, 1.807) is 12.1 Å². The second kappa shape index (κ2) is 9.57. The van der Waals surface area contributed by atoms with Gasteiger partial charge in [0.05, 0.1) is 11.5 Å². The quantitative estimate of drug-likeness (QED) is 0.289. The van der Waals surface area contributed by atoms with Crippen LogP contribution in [0, 0.1) is 45.7 Å². The van der Waals surface area contributed by atoms with Crippen LogP contribution in [0.1, 0.15) is 92.6 Å². The summed E-state index contributed by atoms with van der Waals surface area (Å²) in [4.78, 5) is 34.1. The predicted molar refractivity (Wildman–Crippen MR) is 183 cm³/mol. The van der Waals surface area contributed by atoms with Crippen molar-refractivity contribution in [3.8, 4) is 0 Å². The third-order valence-corrected chi connectivity index (χ3v) is 16.5. The first-order valence-corrected chi connectivity index (χ1v) is 19.2. The minimum atomic E-state index is -1.08. The number of hydrogen-bond donors (Lipinski definition) is 1. The summed E-state index contributed by atoms with van der Waals surface area (Å²) in [6.07, 6.45) is 7.49. The van der Waals surface area contributed by atoms with Gasteiger partial charge in [-0.05, 0) is 114 Å². The maximum Gasteiger partial charge on any atom is 0.189 e. The van der Waals surface area contributed by atoms with E-state index in [9.17, 15) is 9.50 Å². The Morgan fingerprint density at radius 1 is 0.915 bits per heavy atom. The molecule has 1 N–H and O–H groups in total. The Kier molecular flexibility index (Phi) is 5.99. The van der Waals surface area contributed by atoms with E-state index in [0.29, 0.717) is 35.8 Å². The van der Waals surface area contributed by atoms with Gasteiger partial charge in [-0.2, -0.15) is 0 Å². The van der Waals surface area contributed by atoms with Crippen LogP contribution in [0.3, 0.4) is 0 Å². The van der Waals surface area contributed by atoms with Crippen molar-refractivity contribution in [1.29, 1.82) is 0 Å². The van der Waals surface area contributed by atoms with Crippen molar-refractivity contribution in [2.24, 2.45) is 39.9 Å². The van der Waals surface area contributed by atoms with Crippen LogP contribution in [0.25, 0.3) is 10.8 Å². The summed E-state index contributed by atoms with van der Waals surface area (Å²) >= 11 is 1.86. The number of benzene rings is 3. The van der Waals surface area contributed by atoms with Gasteiger partial charge in [0.15, 0.2) is 5.78 Å². The minimum Gasteiger partial charge on any atom is -0.393 e. The van der Waals surface area contributed by atoms with Gasteiger partial charge in [-0.25, -0.2) is 4.39 Å². The number of carbonyl (C=O) groups is 2. The van der Waals surface area contributed by atoms with E-state index in [2.05, 4.69) is 43.0 Å². The van der Waals surface area contributed by atoms with Crippen LogP contribution in [0.2, 0.25) is 0 Å². The van der Waals surface area contributed by atoms with Crippen molar-refractivity contribution in [1.82, 2.24) is 4.90 Å². The number of carbonyl (C=O) groups excluding carboxylic acids is 2. The lowest BCUT2D eigenvalue weighted by atomic mass is 9.45. The lowest BCUT2D eigenvalue weighted by Crippen LogP contribution is -2.58. The van der Waals surface area contributed by atoms with Gasteiger partial charge in [-0.15, -0.1) is 11.8 Å². The van der Waals surface area contributed by atoms with E-state index >= 15 is 9.59 Å². The van der Waals surface area contributed by atoms with Crippen molar-refractivity contribution in [3.05, 3.63) is 83.2 Å². The highest BCUT2D eigenvalue weighted by Crippen LogP contribution is 2.78. The summed E-state index contributed by atoms with van der Waals surface area (Å²) in [6.45, 7) is 4.77. The Morgan fingerprint density at radius 3 is 2.51 bits per heavy atom. The van der Waals surface area contributed by atoms with Crippen molar-refractivity contribution < 1.29 is 19.1 Å². The normalized spacial score (nSPS) is 45.1. The third kappa shape index (κ3) is 3.30. The number of thioether (sulfide) groups is 1. The lowest BCUT2D eigenvalue weighted by Gasteiger charge is -2.60. The van der Waals surface area contributed by atoms with Gasteiger partial charge in [-0.3, -0.25) is 14.5 Å². The zero-order chi connectivity index (χ0) is 32.1. The maximum absolute atomic E-state index is 16.1. The molecule has 10 rings (SSSR count). The summed E-state index contributed by atoms with van der Waals surface area (Å²) in [5.74, 6) is 3.20. The summed E-state index contributed by atoms with van der Waals surface area (Å²) in [6, 6.07) is 19.4. The smallest absolute Gasteiger partial charge is 0.189 e. The van der Waals surface area contributed by atoms with Gasteiger partial charge in [0, 0.05) is 34.6 Å². The Labute approximate surface area is 280 Å². The van der Waals surface area contributed by atoms with Crippen LogP contribution in [-0.2, 0) is 10.3 Å². The van der Waals surface area contributed by atoms with Gasteiger partial charge in [-0.1, -0.05) is 62.4 Å². The summed E-state index contributed by atoms with van der Waals surface area (Å²) in [5, 5.41) is 12.7. The minimum absolute atomic E-state index is 0.00978. The van der Waals surface area contributed by atoms with Gasteiger partial charge in [0.2, 0.25) is 0 Å². The van der Waals surface area contributed by atoms with Crippen LogP contribution in [0.5, 0.6) is 0 Å². The second-order valence-corrected chi connectivity index (χ2v) is 17.9. The van der Waals surface area contributed by atoms with E-state index < -0.39 is 16.4 Å². The molecule has 11 atom stereocenters. The van der Waals surface area contributed by atoms with Crippen LogP contribution in [-0.4, -0.2) is 45.3 Å². The second-order valence-electron chi connectivity index (χ2n) is 16.9. The standard InChI is InChI=1S/C41H44FNO3S/c1-38-17-15-27(44)19-25(38)11-14-28-30(38)16-18-39(2)32(28)20-40(37(39)46)35(24-9-12-26(42)13-10-24)33-21-47-22-43(33)41(40)31-8-4-6-23-5-3-7-29(34(23)31)36(41)45/h3-10,12-13,25,27-28,30,32-33,35,44H,11,14-22H2,1-2H3/t25-,27-,28+,30-,32-,33-,35-,38-,39-,40-,41-/m0/s1. The fourth-order valence-corrected chi connectivity index (χ4v) is 15.0. The highest BCUT2D eigenvalue weighted by Gasteiger charge is 2.82. The molecule has 2 spiro atoms. The molecule has 5 aliphatic carbocycles. The predicted octanol–water partition coefficient (Wildman–Crippen LogP) is 8.11. The van der Waals surface area contributed by atoms with E-state index in [-0.39, 0.29) is 41.0 Å². The molecule has 6 heteroatoms. The fourth-order valence-electron chi connectivity index (χ4n) is 13.7. The Hall–Kier alpha value is -2.54. The number of rotatable bonds is 1. The molecule has 244 valence electrons. The first-order chi connectivity index (χ1) is 22.7. The number of hydrogen-bond acceptors (Lipinski definition) is 5. The fraction of sp³-hybridized carbons (Fsp3) is 0.561. The molecule has 4 nitrogen and oxygen atoms in total. The molecule has 0 bridgehead atoms. The molecule has 2 aliphatic heterocycles. The lowest BCUT2D eigenvalue weighted by molar-refractivity contribution is -0.146. The Morgan fingerprint density at radius 2 is 1.70 bits per heavy atom. The van der Waals surface area contributed by atoms with Crippen LogP contribution < -0.4 is 0 Å². The van der Waals surface area contributed by atoms with Crippen molar-refractivity contribution in [2.45, 2.75) is 88.8 Å². The first kappa shape index (κ1) is 29.4. The number of fused-ring (bicyclic) bond motifs is 9. The van der Waals surface area contributed by atoms with Gasteiger partial charge in [0.1, 0.15) is 17.1 Å². The van der Waals surface area contributed by atoms with E-state index in [1.807, 2.05) is 36.0 Å². The molecule has 0 radical (unpaired) electrons. The zero-order valence-electron chi connectivity index (χ0n) is 27.4. The Balaban J connectivity index is 1.21. The number of ketones is 2. The van der Waals surface area contributed by atoms with Crippen LogP contribution in [0.15, 0.2) is 60.7 Å². The topological polar surface area (TPSA) is 57.6 Å². The molecule has 4 saturated carbocycles. The number of aliphatic hydroxyl groups is 1. The SMILES string of the molecule is C[C@]12CC[C@H](O)C[C@@H]1CC[C@@H]1[C@@H]2CC[C@]2(C)C(=O)[C@]3(C[C@@H]12)[C@@H](c1ccc(F)cc1)[C@@H]1CSCN1[C@@]31C(=O)c2cccc3cccc1c23. The summed E-state index contributed by atoms with van der Waals surface area (Å²) in [7, 11) is 0. The molecular weight excluding hydrogens is 606 g/mol. The number of aliphatic hydroxyl groups excluding tert-OH is 1. The van der Waals surface area contributed by atoms with Crippen LogP contribution >= 0.6 is 11.8 Å². The largest absolute Gasteiger partial charge is 0.393 e. The van der Waals surface area contributed by atoms with Crippen molar-refractivity contribution in [2.75, 3.05) is 11.6 Å². The van der Waals surface area contributed by atoms with E-state index in [0.717, 1.165) is 78.2 Å². The zero-order valence-corrected chi connectivity index (χ0v) is 28.2. The average molecular weight is 650 g/mol. The number of nitrogens with zero attached hydrogens (tertiary/aromatic N) is 1. The van der Waals surface area contributed by atoms with Gasteiger partial charge >= 0.3 is 0 Å². The third-order valence-electron chi connectivity index (χ3n) is 15.5. The van der Waals surface area contributed by atoms with Gasteiger partial charge < -0.3 is 5.11 Å². The molecule has 47 heavy (non-hydrogen) atoms. The van der Waals surface area contributed by atoms with Crippen molar-refractivity contribution in [3.63, 3.8) is 0 Å². The highest BCUT2D eigenvalue weighted by molar-refractivity contribution is 7.99. The van der Waals surface area contributed by atoms with Crippen molar-refractivity contribution >= 4 is 34.1 Å². The average Bonchev–Trinajstić information content (AvgIpc) is 3.77. The molecule has 0 aromatic heterocycles. The Bertz CT molecular complexity index is 1860. The molecule has 2 saturated heterocycles. The van der Waals surface area contributed by atoms with E-state index in [4.69, 9.17) is 0 Å². The molecule has 0 unspecified atom stereocenters. The molecule has 7 aliphatic rings. The molecule has 3 aromatic carbocycles. The highest BCUT2D eigenvalue weighted by atomic mass is 32.2. The summed E-state index contributed by atoms with van der Waals surface area (Å²) < 4.78 is 14.5. The first-order valence-electron chi connectivity index (χ1n) is 18.1. The summed E-state index contributed by atoms with van der Waals surface area (Å²) in [5.41, 5.74) is 0.431. The maximum atomic E-state index is 16.1. The molecule has 6 fully saturated rings. The molecule has 3 aromatic rings. The van der Waals surface area contributed by atoms with Gasteiger partial charge in [0.25, 0.3) is 0 Å². The molecule has 2 heterocycles. The van der Waals surface area contributed by atoms with E-state index in [1.165, 1.54) is 0 Å². The molecule has 0 amide bonds. The van der Waals surface area contributed by atoms with Crippen LogP contribution in [0.4, 0.5) is 4.39 Å². The molecular formula is C41H44FNO3S.